The van der Waals surface area contributed by atoms with Crippen LogP contribution < -0.4 is 4.90 Å². The lowest BCUT2D eigenvalue weighted by Crippen LogP contribution is -2.18. The molecule has 0 unspecified atom stereocenters. The fraction of sp³-hybridized carbons (Fsp3) is 0.138. The Balaban J connectivity index is 1.79. The van der Waals surface area contributed by atoms with E-state index in [2.05, 4.69) is 111 Å². The molecule has 0 spiro atoms. The van der Waals surface area contributed by atoms with Crippen molar-refractivity contribution >= 4 is 38.6 Å². The molecule has 6 rings (SSSR count). The van der Waals surface area contributed by atoms with Gasteiger partial charge in [0.1, 0.15) is 0 Å². The summed E-state index contributed by atoms with van der Waals surface area (Å²) >= 11 is 0. The van der Waals surface area contributed by atoms with E-state index in [4.69, 9.17) is 4.98 Å². The minimum absolute atomic E-state index is 0.0557. The van der Waals surface area contributed by atoms with Crippen LogP contribution in [0.15, 0.2) is 91.1 Å². The van der Waals surface area contributed by atoms with E-state index in [9.17, 15) is 0 Å². The van der Waals surface area contributed by atoms with Crippen LogP contribution in [0.2, 0.25) is 0 Å². The van der Waals surface area contributed by atoms with E-state index < -0.39 is 0 Å². The number of aromatic nitrogens is 1. The highest BCUT2D eigenvalue weighted by Gasteiger charge is 2.29. The Kier molecular flexibility index (Phi) is 3.76. The lowest BCUT2D eigenvalue weighted by molar-refractivity contribution is 0.591. The van der Waals surface area contributed by atoms with Gasteiger partial charge in [-0.15, -0.1) is 0 Å². The third kappa shape index (κ3) is 2.75. The van der Waals surface area contributed by atoms with Crippen LogP contribution in [0.25, 0.3) is 32.8 Å². The molecule has 4 aromatic carbocycles. The molecule has 0 fully saturated rings. The van der Waals surface area contributed by atoms with Crippen molar-refractivity contribution in [3.8, 4) is 11.3 Å². The van der Waals surface area contributed by atoms with Crippen molar-refractivity contribution in [1.29, 1.82) is 0 Å². The van der Waals surface area contributed by atoms with Gasteiger partial charge in [-0.1, -0.05) is 69.3 Å². The van der Waals surface area contributed by atoms with E-state index in [0.29, 0.717) is 0 Å². The summed E-state index contributed by atoms with van der Waals surface area (Å²) < 4.78 is 0. The monoisotopic (exact) mass is 400 g/mol. The van der Waals surface area contributed by atoms with Gasteiger partial charge in [-0.3, -0.25) is 4.98 Å². The predicted octanol–water partition coefficient (Wildman–Crippen LogP) is 8.14. The Hall–Kier alpha value is -3.65. The Morgan fingerprint density at radius 1 is 0.677 bits per heavy atom. The average Bonchev–Trinajstić information content (AvgIpc) is 2.78. The second kappa shape index (κ2) is 6.42. The van der Waals surface area contributed by atoms with Gasteiger partial charge in [-0.25, -0.2) is 0 Å². The van der Waals surface area contributed by atoms with Gasteiger partial charge >= 0.3 is 0 Å². The van der Waals surface area contributed by atoms with Gasteiger partial charge in [0.15, 0.2) is 0 Å². The summed E-state index contributed by atoms with van der Waals surface area (Å²) in [7, 11) is 0. The molecule has 0 N–H and O–H groups in total. The zero-order chi connectivity index (χ0) is 21.2. The van der Waals surface area contributed by atoms with Gasteiger partial charge in [-0.2, -0.15) is 0 Å². The molecule has 0 atom stereocenters. The van der Waals surface area contributed by atoms with Crippen LogP contribution in [-0.2, 0) is 5.41 Å². The minimum atomic E-state index is 0.0557. The number of fused-ring (bicyclic) bond motifs is 3. The molecule has 2 heterocycles. The largest absolute Gasteiger partial charge is 0.309 e. The summed E-state index contributed by atoms with van der Waals surface area (Å²) in [6, 6.07) is 30.7. The zero-order valence-corrected chi connectivity index (χ0v) is 18.1. The third-order valence-corrected chi connectivity index (χ3v) is 6.32. The van der Waals surface area contributed by atoms with Crippen molar-refractivity contribution in [2.75, 3.05) is 4.90 Å². The molecule has 0 saturated heterocycles. The van der Waals surface area contributed by atoms with Gasteiger partial charge in [0.25, 0.3) is 0 Å². The summed E-state index contributed by atoms with van der Waals surface area (Å²) in [4.78, 5) is 7.29. The zero-order valence-electron chi connectivity index (χ0n) is 18.1. The van der Waals surface area contributed by atoms with E-state index in [1.165, 1.54) is 49.7 Å². The van der Waals surface area contributed by atoms with Gasteiger partial charge < -0.3 is 4.90 Å². The molecule has 0 aliphatic carbocycles. The number of para-hydroxylation sites is 1. The van der Waals surface area contributed by atoms with Crippen LogP contribution in [0.5, 0.6) is 0 Å². The number of hydrogen-bond acceptors (Lipinski definition) is 2. The molecule has 0 amide bonds. The van der Waals surface area contributed by atoms with Crippen LogP contribution >= 0.6 is 0 Å². The van der Waals surface area contributed by atoms with Crippen molar-refractivity contribution in [3.05, 3.63) is 96.7 Å². The Labute approximate surface area is 182 Å². The summed E-state index contributed by atoms with van der Waals surface area (Å²) in [5.41, 5.74) is 7.20. The quantitative estimate of drug-likeness (QED) is 0.277. The summed E-state index contributed by atoms with van der Waals surface area (Å²) in [5.74, 6) is 0. The normalized spacial score (nSPS) is 12.9. The van der Waals surface area contributed by atoms with Crippen molar-refractivity contribution in [2.24, 2.45) is 0 Å². The molecular formula is C29H24N2. The van der Waals surface area contributed by atoms with E-state index in [1.54, 1.807) is 0 Å². The van der Waals surface area contributed by atoms with Crippen LogP contribution in [0.4, 0.5) is 17.1 Å². The molecule has 0 bridgehead atoms. The maximum absolute atomic E-state index is 4.88. The first kappa shape index (κ1) is 18.1. The van der Waals surface area contributed by atoms with Crippen LogP contribution in [0.1, 0.15) is 26.3 Å². The molecule has 0 radical (unpaired) electrons. The highest BCUT2D eigenvalue weighted by atomic mass is 15.2. The second-order valence-electron chi connectivity index (χ2n) is 9.39. The number of rotatable bonds is 1. The van der Waals surface area contributed by atoms with Crippen molar-refractivity contribution < 1.29 is 0 Å². The fourth-order valence-corrected chi connectivity index (χ4v) is 4.70. The van der Waals surface area contributed by atoms with Gasteiger partial charge in [0, 0.05) is 22.8 Å². The third-order valence-electron chi connectivity index (χ3n) is 6.32. The summed E-state index contributed by atoms with van der Waals surface area (Å²) in [5, 5.41) is 4.95. The van der Waals surface area contributed by atoms with Gasteiger partial charge in [-0.05, 0) is 63.5 Å². The number of hydrogen-bond donors (Lipinski definition) is 0. The van der Waals surface area contributed by atoms with E-state index in [0.717, 1.165) is 5.69 Å². The van der Waals surface area contributed by atoms with Crippen LogP contribution in [0, 0.1) is 0 Å². The number of benzene rings is 4. The molecule has 1 aromatic heterocycles. The fourth-order valence-electron chi connectivity index (χ4n) is 4.70. The molecule has 31 heavy (non-hydrogen) atoms. The lowest BCUT2D eigenvalue weighted by Gasteiger charge is -2.34. The molecule has 5 aromatic rings. The maximum atomic E-state index is 4.88. The van der Waals surface area contributed by atoms with E-state index >= 15 is 0 Å². The molecule has 2 heteroatoms. The highest BCUT2D eigenvalue weighted by molar-refractivity contribution is 6.14. The minimum Gasteiger partial charge on any atom is -0.309 e. The van der Waals surface area contributed by atoms with Crippen molar-refractivity contribution in [1.82, 2.24) is 4.98 Å². The van der Waals surface area contributed by atoms with Gasteiger partial charge in [0.05, 0.1) is 17.1 Å². The number of nitrogens with zero attached hydrogens (tertiary/aromatic N) is 2. The second-order valence-corrected chi connectivity index (χ2v) is 9.39. The topological polar surface area (TPSA) is 16.1 Å². The smallest absolute Gasteiger partial charge is 0.0822 e. The first-order chi connectivity index (χ1) is 15.0. The molecule has 1 aliphatic rings. The van der Waals surface area contributed by atoms with E-state index in [1.807, 2.05) is 6.20 Å². The first-order valence-corrected chi connectivity index (χ1v) is 10.8. The lowest BCUT2D eigenvalue weighted by atomic mass is 9.83. The van der Waals surface area contributed by atoms with Crippen molar-refractivity contribution in [2.45, 2.75) is 26.2 Å². The van der Waals surface area contributed by atoms with Crippen molar-refractivity contribution in [3.63, 3.8) is 0 Å². The Bertz CT molecular complexity index is 1460. The highest BCUT2D eigenvalue weighted by Crippen LogP contribution is 2.52. The Morgan fingerprint density at radius 2 is 1.39 bits per heavy atom. The summed E-state index contributed by atoms with van der Waals surface area (Å²) in [6.07, 6.45) is 1.95. The summed E-state index contributed by atoms with van der Waals surface area (Å²) in [6.45, 7) is 6.83. The maximum Gasteiger partial charge on any atom is 0.0822 e. The number of pyridine rings is 1. The van der Waals surface area contributed by atoms with Crippen LogP contribution in [-0.4, -0.2) is 4.98 Å². The Morgan fingerprint density at radius 3 is 2.13 bits per heavy atom. The molecule has 2 nitrogen and oxygen atoms in total. The van der Waals surface area contributed by atoms with Gasteiger partial charge in [0.2, 0.25) is 0 Å². The molecule has 0 saturated carbocycles. The molecule has 150 valence electrons. The SMILES string of the molecule is CC(C)(C)c1cc2c3c(nccc3c1)-c1cc3ccccc3cc1N2c1ccccc1. The standard InChI is InChI=1S/C29H24N2/c1-29(2,3)22-15-21-13-14-30-28-24-16-19-9-7-8-10-20(19)17-25(24)31(26(18-22)27(21)28)23-11-5-4-6-12-23/h4-18H,1-3H3. The predicted molar refractivity (Wildman–Crippen MR) is 132 cm³/mol. The molecular weight excluding hydrogens is 376 g/mol. The first-order valence-electron chi connectivity index (χ1n) is 10.8. The van der Waals surface area contributed by atoms with E-state index in [-0.39, 0.29) is 5.41 Å². The molecule has 1 aliphatic heterocycles. The number of anilines is 3. The average molecular weight is 401 g/mol. The van der Waals surface area contributed by atoms with Crippen LogP contribution in [0.3, 0.4) is 0 Å².